The lowest BCUT2D eigenvalue weighted by atomic mass is 9.89. The molecule has 4 nitrogen and oxygen atoms in total. The number of ketones is 1. The summed E-state index contributed by atoms with van der Waals surface area (Å²) in [7, 11) is 1.71. The molecular weight excluding hydrogens is 240 g/mol. The first-order chi connectivity index (χ1) is 8.85. The van der Waals surface area contributed by atoms with Gasteiger partial charge in [-0.05, 0) is 37.0 Å². The van der Waals surface area contributed by atoms with Crippen LogP contribution < -0.4 is 11.1 Å². The van der Waals surface area contributed by atoms with E-state index in [1.807, 2.05) is 12.1 Å². The highest BCUT2D eigenvalue weighted by Gasteiger charge is 2.17. The van der Waals surface area contributed by atoms with Crippen molar-refractivity contribution in [1.82, 2.24) is 0 Å². The molecule has 0 saturated heterocycles. The van der Waals surface area contributed by atoms with Crippen molar-refractivity contribution in [2.45, 2.75) is 27.2 Å². The lowest BCUT2D eigenvalue weighted by molar-refractivity contribution is 0.101. The van der Waals surface area contributed by atoms with Crippen LogP contribution in [0.2, 0.25) is 0 Å². The van der Waals surface area contributed by atoms with Crippen LogP contribution in [0.5, 0.6) is 0 Å². The summed E-state index contributed by atoms with van der Waals surface area (Å²) in [6.07, 6.45) is 0.977. The Hall–Kier alpha value is -1.55. The molecule has 0 unspecified atom stereocenters. The molecule has 0 fully saturated rings. The fourth-order valence-electron chi connectivity index (χ4n) is 1.78. The number of methoxy groups -OCH3 is 1. The second-order valence-corrected chi connectivity index (χ2v) is 5.62. The van der Waals surface area contributed by atoms with Crippen molar-refractivity contribution < 1.29 is 9.53 Å². The van der Waals surface area contributed by atoms with Gasteiger partial charge in [0.1, 0.15) is 0 Å². The van der Waals surface area contributed by atoms with E-state index in [0.29, 0.717) is 11.3 Å². The first-order valence-corrected chi connectivity index (χ1v) is 6.49. The number of hydrogen-bond donors (Lipinski definition) is 2. The van der Waals surface area contributed by atoms with Crippen LogP contribution in [0.15, 0.2) is 18.2 Å². The number of carbonyl (C=O) groups is 1. The van der Waals surface area contributed by atoms with E-state index < -0.39 is 0 Å². The number of nitrogens with two attached hydrogens (primary N) is 1. The maximum Gasteiger partial charge on any atom is 0.161 e. The maximum atomic E-state index is 11.4. The van der Waals surface area contributed by atoms with Gasteiger partial charge in [-0.15, -0.1) is 0 Å². The fourth-order valence-corrected chi connectivity index (χ4v) is 1.78. The SMILES string of the molecule is COCCC(C)(C)CNc1ccc(N)c(C(C)=O)c1. The van der Waals surface area contributed by atoms with Crippen LogP contribution in [0.3, 0.4) is 0 Å². The Balaban J connectivity index is 2.68. The predicted molar refractivity (Wildman–Crippen MR) is 79.6 cm³/mol. The topological polar surface area (TPSA) is 64.3 Å². The largest absolute Gasteiger partial charge is 0.398 e. The van der Waals surface area contributed by atoms with Gasteiger partial charge in [-0.25, -0.2) is 0 Å². The molecule has 1 aromatic carbocycles. The molecule has 0 radical (unpaired) electrons. The number of benzene rings is 1. The summed E-state index contributed by atoms with van der Waals surface area (Å²) in [6, 6.07) is 5.47. The van der Waals surface area contributed by atoms with Gasteiger partial charge in [0, 0.05) is 37.2 Å². The minimum atomic E-state index is -0.0141. The molecule has 0 heterocycles. The highest BCUT2D eigenvalue weighted by atomic mass is 16.5. The van der Waals surface area contributed by atoms with Gasteiger partial charge in [-0.1, -0.05) is 13.8 Å². The molecular formula is C15H24N2O2. The maximum absolute atomic E-state index is 11.4. The average molecular weight is 264 g/mol. The van der Waals surface area contributed by atoms with E-state index in [-0.39, 0.29) is 11.2 Å². The number of nitrogen functional groups attached to an aromatic ring is 1. The third-order valence-electron chi connectivity index (χ3n) is 3.19. The summed E-state index contributed by atoms with van der Waals surface area (Å²) in [6.45, 7) is 7.45. The van der Waals surface area contributed by atoms with Crippen LogP contribution in [0, 0.1) is 5.41 Å². The Morgan fingerprint density at radius 1 is 1.42 bits per heavy atom. The Kier molecular flexibility index (Phi) is 5.36. The van der Waals surface area contributed by atoms with Gasteiger partial charge in [0.25, 0.3) is 0 Å². The Bertz CT molecular complexity index is 442. The zero-order valence-corrected chi connectivity index (χ0v) is 12.2. The van der Waals surface area contributed by atoms with Gasteiger partial charge in [-0.2, -0.15) is 0 Å². The fraction of sp³-hybridized carbons (Fsp3) is 0.533. The van der Waals surface area contributed by atoms with Crippen LogP contribution in [-0.4, -0.2) is 26.0 Å². The lowest BCUT2D eigenvalue weighted by Crippen LogP contribution is -2.24. The molecule has 1 rings (SSSR count). The van der Waals surface area contributed by atoms with E-state index in [9.17, 15) is 4.79 Å². The van der Waals surface area contributed by atoms with E-state index in [4.69, 9.17) is 10.5 Å². The van der Waals surface area contributed by atoms with Crippen molar-refractivity contribution in [1.29, 1.82) is 0 Å². The van der Waals surface area contributed by atoms with E-state index in [1.54, 1.807) is 13.2 Å². The van der Waals surface area contributed by atoms with Gasteiger partial charge in [0.15, 0.2) is 5.78 Å². The van der Waals surface area contributed by atoms with Gasteiger partial charge < -0.3 is 15.8 Å². The van der Waals surface area contributed by atoms with E-state index in [1.165, 1.54) is 6.92 Å². The van der Waals surface area contributed by atoms with Crippen LogP contribution in [0.25, 0.3) is 0 Å². The Labute approximate surface area is 115 Å². The molecule has 0 aromatic heterocycles. The molecule has 4 heteroatoms. The van der Waals surface area contributed by atoms with Crippen molar-refractivity contribution in [3.05, 3.63) is 23.8 Å². The number of rotatable bonds is 7. The number of Topliss-reactive ketones (excluding diaryl/α,β-unsaturated/α-hetero) is 1. The molecule has 0 saturated carbocycles. The van der Waals surface area contributed by atoms with Crippen LogP contribution >= 0.6 is 0 Å². The lowest BCUT2D eigenvalue weighted by Gasteiger charge is -2.25. The zero-order valence-electron chi connectivity index (χ0n) is 12.2. The summed E-state index contributed by atoms with van der Waals surface area (Å²) in [5.41, 5.74) is 7.92. The molecule has 1 aromatic rings. The second kappa shape index (κ2) is 6.57. The predicted octanol–water partition coefficient (Wildman–Crippen LogP) is 2.95. The zero-order chi connectivity index (χ0) is 14.5. The molecule has 0 aliphatic rings. The van der Waals surface area contributed by atoms with Gasteiger partial charge in [0.2, 0.25) is 0 Å². The minimum Gasteiger partial charge on any atom is -0.398 e. The van der Waals surface area contributed by atoms with E-state index >= 15 is 0 Å². The first kappa shape index (κ1) is 15.5. The molecule has 0 spiro atoms. The molecule has 0 aliphatic carbocycles. The van der Waals surface area contributed by atoms with Crippen molar-refractivity contribution in [3.8, 4) is 0 Å². The summed E-state index contributed by atoms with van der Waals surface area (Å²) >= 11 is 0. The van der Waals surface area contributed by atoms with Crippen LogP contribution in [0.1, 0.15) is 37.6 Å². The summed E-state index contributed by atoms with van der Waals surface area (Å²) in [4.78, 5) is 11.4. The first-order valence-electron chi connectivity index (χ1n) is 6.49. The number of carbonyl (C=O) groups excluding carboxylic acids is 1. The van der Waals surface area contributed by atoms with Gasteiger partial charge in [-0.3, -0.25) is 4.79 Å². The number of ether oxygens (including phenoxy) is 1. The number of anilines is 2. The normalized spacial score (nSPS) is 11.4. The van der Waals surface area contributed by atoms with Gasteiger partial charge in [0.05, 0.1) is 0 Å². The van der Waals surface area contributed by atoms with Crippen LogP contribution in [0.4, 0.5) is 11.4 Å². The van der Waals surface area contributed by atoms with Crippen molar-refractivity contribution >= 4 is 17.2 Å². The molecule has 0 atom stereocenters. The third kappa shape index (κ3) is 4.91. The monoisotopic (exact) mass is 264 g/mol. The van der Waals surface area contributed by atoms with Crippen molar-refractivity contribution in [2.24, 2.45) is 5.41 Å². The molecule has 0 bridgehead atoms. The van der Waals surface area contributed by atoms with Crippen molar-refractivity contribution in [2.75, 3.05) is 31.3 Å². The van der Waals surface area contributed by atoms with Gasteiger partial charge >= 0.3 is 0 Å². The molecule has 3 N–H and O–H groups in total. The van der Waals surface area contributed by atoms with E-state index in [0.717, 1.165) is 25.3 Å². The Morgan fingerprint density at radius 3 is 2.68 bits per heavy atom. The highest BCUT2D eigenvalue weighted by Crippen LogP contribution is 2.23. The smallest absolute Gasteiger partial charge is 0.161 e. The highest BCUT2D eigenvalue weighted by molar-refractivity contribution is 5.99. The Morgan fingerprint density at radius 2 is 2.11 bits per heavy atom. The summed E-state index contributed by atoms with van der Waals surface area (Å²) in [5, 5.41) is 3.35. The summed E-state index contributed by atoms with van der Waals surface area (Å²) < 4.78 is 5.11. The quantitative estimate of drug-likeness (QED) is 0.587. The molecule has 0 aliphatic heterocycles. The molecule has 0 amide bonds. The summed E-state index contributed by atoms with van der Waals surface area (Å²) in [5.74, 6) is -0.0141. The second-order valence-electron chi connectivity index (χ2n) is 5.62. The molecule has 19 heavy (non-hydrogen) atoms. The minimum absolute atomic E-state index is 0.0141. The standard InChI is InChI=1S/C15H24N2O2/c1-11(18)13-9-12(5-6-14(13)16)17-10-15(2,3)7-8-19-4/h5-6,9,17H,7-8,10,16H2,1-4H3. The van der Waals surface area contributed by atoms with Crippen molar-refractivity contribution in [3.63, 3.8) is 0 Å². The number of nitrogens with one attached hydrogen (secondary N) is 1. The number of hydrogen-bond acceptors (Lipinski definition) is 4. The molecule has 106 valence electrons. The third-order valence-corrected chi connectivity index (χ3v) is 3.19. The van der Waals surface area contributed by atoms with E-state index in [2.05, 4.69) is 19.2 Å². The van der Waals surface area contributed by atoms with Crippen LogP contribution in [-0.2, 0) is 4.74 Å². The average Bonchev–Trinajstić information content (AvgIpc) is 2.35.